The third kappa shape index (κ3) is 4.02. The van der Waals surface area contributed by atoms with E-state index in [1.807, 2.05) is 0 Å². The van der Waals surface area contributed by atoms with E-state index >= 15 is 0 Å². The molecule has 124 valence electrons. The Morgan fingerprint density at radius 3 is 2.70 bits per heavy atom. The van der Waals surface area contributed by atoms with Crippen molar-refractivity contribution in [1.82, 2.24) is 9.88 Å². The number of aromatic nitrogens is 1. The number of aryl methyl sites for hydroxylation is 1. The van der Waals surface area contributed by atoms with Crippen LogP contribution in [0.3, 0.4) is 0 Å². The highest BCUT2D eigenvalue weighted by Crippen LogP contribution is 2.23. The van der Waals surface area contributed by atoms with E-state index in [9.17, 15) is 23.5 Å². The SMILES string of the molecule is Cc1csc(=O)n1CC(=O)NCC(C)(O)c1ccc(F)cc1F. The van der Waals surface area contributed by atoms with Crippen LogP contribution in [-0.2, 0) is 16.9 Å². The lowest BCUT2D eigenvalue weighted by Crippen LogP contribution is -2.41. The van der Waals surface area contributed by atoms with Crippen LogP contribution >= 0.6 is 11.3 Å². The van der Waals surface area contributed by atoms with Crippen molar-refractivity contribution < 1.29 is 18.7 Å². The second-order valence-electron chi connectivity index (χ2n) is 5.40. The zero-order valence-electron chi connectivity index (χ0n) is 12.6. The first-order chi connectivity index (χ1) is 10.7. The first kappa shape index (κ1) is 17.3. The van der Waals surface area contributed by atoms with Gasteiger partial charge in [0, 0.05) is 22.7 Å². The quantitative estimate of drug-likeness (QED) is 0.865. The van der Waals surface area contributed by atoms with Crippen molar-refractivity contribution in [1.29, 1.82) is 0 Å². The molecule has 0 saturated carbocycles. The standard InChI is InChI=1S/C15H16F2N2O3S/c1-9-7-23-14(21)19(9)6-13(20)18-8-15(2,22)11-4-3-10(16)5-12(11)17/h3-5,7,22H,6,8H2,1-2H3,(H,18,20). The van der Waals surface area contributed by atoms with Crippen LogP contribution in [0.4, 0.5) is 8.78 Å². The van der Waals surface area contributed by atoms with Crippen LogP contribution in [0, 0.1) is 18.6 Å². The molecule has 8 heteroatoms. The van der Waals surface area contributed by atoms with Crippen molar-refractivity contribution in [3.05, 3.63) is 56.1 Å². The third-order valence-corrected chi connectivity index (χ3v) is 4.30. The summed E-state index contributed by atoms with van der Waals surface area (Å²) in [6.07, 6.45) is 0. The van der Waals surface area contributed by atoms with Gasteiger partial charge in [0.25, 0.3) is 0 Å². The largest absolute Gasteiger partial charge is 0.383 e. The number of carbonyl (C=O) groups is 1. The molecule has 0 bridgehead atoms. The van der Waals surface area contributed by atoms with E-state index in [1.54, 1.807) is 12.3 Å². The number of nitrogens with zero attached hydrogens (tertiary/aromatic N) is 1. The maximum absolute atomic E-state index is 13.7. The number of aliphatic hydroxyl groups is 1. The molecule has 0 spiro atoms. The molecule has 2 N–H and O–H groups in total. The lowest BCUT2D eigenvalue weighted by Gasteiger charge is -2.24. The Morgan fingerprint density at radius 1 is 1.43 bits per heavy atom. The van der Waals surface area contributed by atoms with Crippen LogP contribution in [0.25, 0.3) is 0 Å². The minimum Gasteiger partial charge on any atom is -0.383 e. The molecule has 5 nitrogen and oxygen atoms in total. The number of rotatable bonds is 5. The van der Waals surface area contributed by atoms with Crippen LogP contribution < -0.4 is 10.2 Å². The van der Waals surface area contributed by atoms with Crippen LogP contribution in [0.15, 0.2) is 28.4 Å². The average Bonchev–Trinajstić information content (AvgIpc) is 2.77. The number of hydrogen-bond acceptors (Lipinski definition) is 4. The fourth-order valence-electron chi connectivity index (χ4n) is 2.09. The molecule has 0 fully saturated rings. The monoisotopic (exact) mass is 342 g/mol. The van der Waals surface area contributed by atoms with Gasteiger partial charge in [-0.1, -0.05) is 17.4 Å². The first-order valence-electron chi connectivity index (χ1n) is 6.80. The molecule has 2 aromatic rings. The van der Waals surface area contributed by atoms with E-state index in [2.05, 4.69) is 5.32 Å². The summed E-state index contributed by atoms with van der Waals surface area (Å²) in [5, 5.41) is 14.4. The number of hydrogen-bond donors (Lipinski definition) is 2. The highest BCUT2D eigenvalue weighted by molar-refractivity contribution is 7.07. The Kier molecular flexibility index (Phi) is 4.96. The van der Waals surface area contributed by atoms with E-state index in [0.29, 0.717) is 11.8 Å². The second kappa shape index (κ2) is 6.59. The first-order valence-corrected chi connectivity index (χ1v) is 7.68. The lowest BCUT2D eigenvalue weighted by molar-refractivity contribution is -0.123. The number of amides is 1. The van der Waals surface area contributed by atoms with Gasteiger partial charge in [0.15, 0.2) is 0 Å². The van der Waals surface area contributed by atoms with Gasteiger partial charge in [-0.05, 0) is 19.9 Å². The Labute approximate surface area is 135 Å². The summed E-state index contributed by atoms with van der Waals surface area (Å²) in [7, 11) is 0. The van der Waals surface area contributed by atoms with Gasteiger partial charge < -0.3 is 10.4 Å². The smallest absolute Gasteiger partial charge is 0.307 e. The molecule has 0 aliphatic rings. The zero-order valence-corrected chi connectivity index (χ0v) is 13.4. The Morgan fingerprint density at radius 2 is 2.13 bits per heavy atom. The summed E-state index contributed by atoms with van der Waals surface area (Å²) in [4.78, 5) is 23.2. The van der Waals surface area contributed by atoms with Gasteiger partial charge in [0.05, 0.1) is 6.54 Å². The molecule has 1 amide bonds. The number of thiazole rings is 1. The topological polar surface area (TPSA) is 71.3 Å². The van der Waals surface area contributed by atoms with Crippen molar-refractivity contribution in [3.63, 3.8) is 0 Å². The predicted octanol–water partition coefficient (Wildman–Crippen LogP) is 1.52. The Balaban J connectivity index is 2.04. The minimum atomic E-state index is -1.71. The molecule has 23 heavy (non-hydrogen) atoms. The fourth-order valence-corrected chi connectivity index (χ4v) is 2.82. The molecular weight excluding hydrogens is 326 g/mol. The highest BCUT2D eigenvalue weighted by atomic mass is 32.1. The van der Waals surface area contributed by atoms with Crippen molar-refractivity contribution in [3.8, 4) is 0 Å². The molecule has 1 aromatic heterocycles. The summed E-state index contributed by atoms with van der Waals surface area (Å²) >= 11 is 0.990. The molecule has 0 aliphatic carbocycles. The summed E-state index contributed by atoms with van der Waals surface area (Å²) in [5.41, 5.74) is -1.17. The molecule has 1 atom stereocenters. The molecule has 0 saturated heterocycles. The predicted molar refractivity (Wildman–Crippen MR) is 82.3 cm³/mol. The molecule has 0 radical (unpaired) electrons. The van der Waals surface area contributed by atoms with Gasteiger partial charge in [0.2, 0.25) is 5.91 Å². The second-order valence-corrected chi connectivity index (χ2v) is 6.22. The summed E-state index contributed by atoms with van der Waals surface area (Å²) in [6.45, 7) is 2.56. The highest BCUT2D eigenvalue weighted by Gasteiger charge is 2.27. The Hall–Kier alpha value is -2.06. The van der Waals surface area contributed by atoms with Gasteiger partial charge in [0.1, 0.15) is 23.8 Å². The average molecular weight is 342 g/mol. The van der Waals surface area contributed by atoms with Crippen molar-refractivity contribution in [2.75, 3.05) is 6.54 Å². The number of carbonyl (C=O) groups excluding carboxylic acids is 1. The van der Waals surface area contributed by atoms with Gasteiger partial charge in [-0.3, -0.25) is 14.2 Å². The van der Waals surface area contributed by atoms with Crippen LogP contribution in [0.5, 0.6) is 0 Å². The molecule has 0 aliphatic heterocycles. The molecular formula is C15H16F2N2O3S. The van der Waals surface area contributed by atoms with Gasteiger partial charge in [-0.2, -0.15) is 0 Å². The minimum absolute atomic E-state index is 0.122. The summed E-state index contributed by atoms with van der Waals surface area (Å²) in [6, 6.07) is 2.83. The Bertz CT molecular complexity index is 783. The van der Waals surface area contributed by atoms with Crippen molar-refractivity contribution in [2.24, 2.45) is 0 Å². The third-order valence-electron chi connectivity index (χ3n) is 3.42. The van der Waals surface area contributed by atoms with Gasteiger partial charge in [-0.15, -0.1) is 0 Å². The van der Waals surface area contributed by atoms with E-state index in [1.165, 1.54) is 11.5 Å². The normalized spacial score (nSPS) is 13.6. The van der Waals surface area contributed by atoms with Crippen LogP contribution in [0.2, 0.25) is 0 Å². The van der Waals surface area contributed by atoms with Gasteiger partial charge >= 0.3 is 4.87 Å². The fraction of sp³-hybridized carbons (Fsp3) is 0.333. The number of halogens is 2. The molecule has 1 unspecified atom stereocenters. The van der Waals surface area contributed by atoms with Gasteiger partial charge in [-0.25, -0.2) is 8.78 Å². The summed E-state index contributed by atoms with van der Waals surface area (Å²) in [5.74, 6) is -2.14. The maximum atomic E-state index is 13.7. The zero-order chi connectivity index (χ0) is 17.2. The van der Waals surface area contributed by atoms with Crippen molar-refractivity contribution in [2.45, 2.75) is 26.0 Å². The van der Waals surface area contributed by atoms with E-state index in [4.69, 9.17) is 0 Å². The van der Waals surface area contributed by atoms with Crippen LogP contribution in [-0.4, -0.2) is 22.1 Å². The van der Waals surface area contributed by atoms with Crippen LogP contribution in [0.1, 0.15) is 18.2 Å². The van der Waals surface area contributed by atoms with E-state index in [-0.39, 0.29) is 23.5 Å². The molecule has 1 heterocycles. The number of nitrogens with one attached hydrogen (secondary N) is 1. The maximum Gasteiger partial charge on any atom is 0.307 e. The van der Waals surface area contributed by atoms with Crippen molar-refractivity contribution >= 4 is 17.2 Å². The summed E-state index contributed by atoms with van der Waals surface area (Å²) < 4.78 is 27.9. The molecule has 2 rings (SSSR count). The molecule has 1 aromatic carbocycles. The van der Waals surface area contributed by atoms with E-state index in [0.717, 1.165) is 23.5 Å². The number of benzene rings is 1. The lowest BCUT2D eigenvalue weighted by atomic mass is 9.95. The van der Waals surface area contributed by atoms with E-state index < -0.39 is 23.1 Å².